The van der Waals surface area contributed by atoms with Crippen molar-refractivity contribution in [2.75, 3.05) is 26.2 Å². The summed E-state index contributed by atoms with van der Waals surface area (Å²) >= 11 is 0. The summed E-state index contributed by atoms with van der Waals surface area (Å²) < 4.78 is 0. The van der Waals surface area contributed by atoms with Gasteiger partial charge in [0.1, 0.15) is 5.75 Å². The highest BCUT2D eigenvalue weighted by Gasteiger charge is 2.15. The van der Waals surface area contributed by atoms with Gasteiger partial charge in [-0.05, 0) is 42.8 Å². The number of nitrogens with one attached hydrogen (secondary N) is 1. The minimum Gasteiger partial charge on any atom is -0.508 e. The van der Waals surface area contributed by atoms with Gasteiger partial charge >= 0.3 is 0 Å². The molecule has 1 heterocycles. The van der Waals surface area contributed by atoms with Crippen LogP contribution in [0.5, 0.6) is 5.75 Å². The van der Waals surface area contributed by atoms with Gasteiger partial charge in [-0.1, -0.05) is 30.3 Å². The van der Waals surface area contributed by atoms with Crippen LogP contribution in [0.15, 0.2) is 36.4 Å². The number of hydrogen-bond donors (Lipinski definition) is 3. The predicted octanol–water partition coefficient (Wildman–Crippen LogP) is 2.09. The molecule has 0 saturated carbocycles. The summed E-state index contributed by atoms with van der Waals surface area (Å²) in [7, 11) is 0. The lowest BCUT2D eigenvalue weighted by atomic mass is 10.0. The molecule has 1 saturated heterocycles. The summed E-state index contributed by atoms with van der Waals surface area (Å²) in [6, 6.07) is 11.7. The number of phenolic OH excluding ortho intramolecular Hbond substituents is 1. The highest BCUT2D eigenvalue weighted by molar-refractivity contribution is 5.87. The number of β-amino-alcohol motifs (C(OH)–C–C–N with tert-alkyl or cyclic N) is 1. The van der Waals surface area contributed by atoms with E-state index in [-0.39, 0.29) is 6.10 Å². The van der Waals surface area contributed by atoms with Crippen LogP contribution in [0.4, 0.5) is 0 Å². The van der Waals surface area contributed by atoms with E-state index < -0.39 is 0 Å². The van der Waals surface area contributed by atoms with Gasteiger partial charge in [-0.15, -0.1) is 0 Å². The molecular weight excluding hydrogens is 276 g/mol. The molecule has 3 N–H and O–H groups in total. The topological polar surface area (TPSA) is 55.7 Å². The van der Waals surface area contributed by atoms with Gasteiger partial charge in [-0.3, -0.25) is 0 Å². The molecule has 3 rings (SSSR count). The lowest BCUT2D eigenvalue weighted by Crippen LogP contribution is -2.36. The minimum absolute atomic E-state index is 0.306. The Labute approximate surface area is 131 Å². The van der Waals surface area contributed by atoms with Gasteiger partial charge in [0.15, 0.2) is 0 Å². The molecule has 2 aromatic carbocycles. The molecule has 0 aromatic heterocycles. The number of fused-ring (bicyclic) bond motifs is 1. The molecule has 1 unspecified atom stereocenters. The summed E-state index contributed by atoms with van der Waals surface area (Å²) in [5.74, 6) is 0.306. The summed E-state index contributed by atoms with van der Waals surface area (Å²) in [4.78, 5) is 2.31. The summed E-state index contributed by atoms with van der Waals surface area (Å²) in [5, 5.41) is 25.6. The first-order chi connectivity index (χ1) is 10.7. The van der Waals surface area contributed by atoms with Crippen LogP contribution in [-0.2, 0) is 6.54 Å². The Bertz CT molecular complexity index is 624. The first-order valence-corrected chi connectivity index (χ1v) is 8.05. The summed E-state index contributed by atoms with van der Waals surface area (Å²) in [6.07, 6.45) is 2.11. The number of phenols is 1. The molecule has 0 bridgehead atoms. The number of aromatic hydroxyl groups is 1. The number of aliphatic hydroxyl groups excluding tert-OH is 1. The van der Waals surface area contributed by atoms with E-state index in [0.29, 0.717) is 18.8 Å². The van der Waals surface area contributed by atoms with Gasteiger partial charge in [0, 0.05) is 25.2 Å². The van der Waals surface area contributed by atoms with Gasteiger partial charge < -0.3 is 20.4 Å². The second-order valence-corrected chi connectivity index (χ2v) is 6.08. The fourth-order valence-corrected chi connectivity index (χ4v) is 3.20. The lowest BCUT2D eigenvalue weighted by Gasteiger charge is -2.20. The molecule has 0 aliphatic carbocycles. The fourth-order valence-electron chi connectivity index (χ4n) is 3.20. The Hall–Kier alpha value is -1.62. The molecule has 1 aliphatic rings. The number of rotatable bonds is 6. The smallest absolute Gasteiger partial charge is 0.120 e. The molecule has 1 aliphatic heterocycles. The zero-order valence-electron chi connectivity index (χ0n) is 12.8. The van der Waals surface area contributed by atoms with E-state index in [1.807, 2.05) is 30.3 Å². The SMILES string of the molecule is Oc1ccc2ccccc2c1CNCC(O)CN1CCCC1. The van der Waals surface area contributed by atoms with Crippen molar-refractivity contribution >= 4 is 10.8 Å². The quantitative estimate of drug-likeness (QED) is 0.764. The zero-order chi connectivity index (χ0) is 15.4. The van der Waals surface area contributed by atoms with Crippen molar-refractivity contribution in [1.82, 2.24) is 10.2 Å². The third-order valence-electron chi connectivity index (χ3n) is 4.37. The highest BCUT2D eigenvalue weighted by atomic mass is 16.3. The molecule has 0 amide bonds. The number of aliphatic hydroxyl groups is 1. The van der Waals surface area contributed by atoms with Crippen LogP contribution in [0.1, 0.15) is 18.4 Å². The van der Waals surface area contributed by atoms with E-state index in [1.54, 1.807) is 6.07 Å². The van der Waals surface area contributed by atoms with Crippen LogP contribution in [0.3, 0.4) is 0 Å². The minimum atomic E-state index is -0.366. The molecule has 1 atom stereocenters. The van der Waals surface area contributed by atoms with Gasteiger partial charge in [0.05, 0.1) is 6.10 Å². The first-order valence-electron chi connectivity index (χ1n) is 8.05. The molecule has 4 heteroatoms. The van der Waals surface area contributed by atoms with E-state index in [4.69, 9.17) is 0 Å². The van der Waals surface area contributed by atoms with Crippen molar-refractivity contribution < 1.29 is 10.2 Å². The first kappa shape index (κ1) is 15.3. The molecule has 0 radical (unpaired) electrons. The van der Waals surface area contributed by atoms with Crippen molar-refractivity contribution in [3.63, 3.8) is 0 Å². The Balaban J connectivity index is 1.58. The summed E-state index contributed by atoms with van der Waals surface area (Å²) in [5.41, 5.74) is 0.895. The average Bonchev–Trinajstić information content (AvgIpc) is 3.02. The molecule has 1 fully saturated rings. The van der Waals surface area contributed by atoms with Crippen molar-refractivity contribution in [2.45, 2.75) is 25.5 Å². The molecule has 118 valence electrons. The number of hydrogen-bond acceptors (Lipinski definition) is 4. The zero-order valence-corrected chi connectivity index (χ0v) is 12.8. The lowest BCUT2D eigenvalue weighted by molar-refractivity contribution is 0.123. The second kappa shape index (κ2) is 7.09. The van der Waals surface area contributed by atoms with Crippen LogP contribution in [0.25, 0.3) is 10.8 Å². The van der Waals surface area contributed by atoms with E-state index in [2.05, 4.69) is 10.2 Å². The van der Waals surface area contributed by atoms with Crippen molar-refractivity contribution in [3.8, 4) is 5.75 Å². The van der Waals surface area contributed by atoms with Crippen molar-refractivity contribution in [3.05, 3.63) is 42.0 Å². The van der Waals surface area contributed by atoms with Crippen molar-refractivity contribution in [1.29, 1.82) is 0 Å². The maximum Gasteiger partial charge on any atom is 0.120 e. The van der Waals surface area contributed by atoms with E-state index in [1.165, 1.54) is 12.8 Å². The van der Waals surface area contributed by atoms with Crippen LogP contribution < -0.4 is 5.32 Å². The molecule has 4 nitrogen and oxygen atoms in total. The Morgan fingerprint density at radius 2 is 1.86 bits per heavy atom. The third-order valence-corrected chi connectivity index (χ3v) is 4.37. The fraction of sp³-hybridized carbons (Fsp3) is 0.444. The van der Waals surface area contributed by atoms with Gasteiger partial charge in [0.25, 0.3) is 0 Å². The highest BCUT2D eigenvalue weighted by Crippen LogP contribution is 2.26. The van der Waals surface area contributed by atoms with E-state index >= 15 is 0 Å². The number of nitrogens with zero attached hydrogens (tertiary/aromatic N) is 1. The maximum atomic E-state index is 10.1. The predicted molar refractivity (Wildman–Crippen MR) is 89.0 cm³/mol. The third kappa shape index (κ3) is 3.58. The van der Waals surface area contributed by atoms with Gasteiger partial charge in [0.2, 0.25) is 0 Å². The Morgan fingerprint density at radius 3 is 2.68 bits per heavy atom. The maximum absolute atomic E-state index is 10.1. The Morgan fingerprint density at radius 1 is 1.09 bits per heavy atom. The van der Waals surface area contributed by atoms with Gasteiger partial charge in [-0.25, -0.2) is 0 Å². The van der Waals surface area contributed by atoms with Crippen LogP contribution >= 0.6 is 0 Å². The number of benzene rings is 2. The average molecular weight is 300 g/mol. The molecule has 22 heavy (non-hydrogen) atoms. The molecule has 2 aromatic rings. The van der Waals surface area contributed by atoms with E-state index in [9.17, 15) is 10.2 Å². The van der Waals surface area contributed by atoms with Crippen LogP contribution in [0, 0.1) is 0 Å². The second-order valence-electron chi connectivity index (χ2n) is 6.08. The molecule has 0 spiro atoms. The summed E-state index contributed by atoms with van der Waals surface area (Å²) in [6.45, 7) is 4.03. The van der Waals surface area contributed by atoms with Crippen molar-refractivity contribution in [2.24, 2.45) is 0 Å². The van der Waals surface area contributed by atoms with Crippen LogP contribution in [-0.4, -0.2) is 47.4 Å². The van der Waals surface area contributed by atoms with E-state index in [0.717, 1.165) is 36.0 Å². The number of likely N-dealkylation sites (tertiary alicyclic amines) is 1. The largest absolute Gasteiger partial charge is 0.508 e. The standard InChI is InChI=1S/C18H24N2O2/c21-15(13-20-9-3-4-10-20)11-19-12-17-16-6-2-1-5-14(16)7-8-18(17)22/h1-2,5-8,15,19,21-22H,3-4,9-13H2. The van der Waals surface area contributed by atoms with Crippen LogP contribution in [0.2, 0.25) is 0 Å². The molecular formula is C18H24N2O2. The monoisotopic (exact) mass is 300 g/mol. The normalized spacial score (nSPS) is 17.1. The Kier molecular flexibility index (Phi) is 4.93. The van der Waals surface area contributed by atoms with Gasteiger partial charge in [-0.2, -0.15) is 0 Å².